The van der Waals surface area contributed by atoms with Gasteiger partial charge in [-0.15, -0.1) is 11.3 Å². The fourth-order valence-corrected chi connectivity index (χ4v) is 3.41. The number of benzene rings is 1. The van der Waals surface area contributed by atoms with E-state index in [9.17, 15) is 0 Å². The first kappa shape index (κ1) is 14.9. The Morgan fingerprint density at radius 1 is 1.00 bits per heavy atom. The molecule has 3 nitrogen and oxygen atoms in total. The molecule has 0 radical (unpaired) electrons. The van der Waals surface area contributed by atoms with Crippen LogP contribution < -0.4 is 0 Å². The van der Waals surface area contributed by atoms with E-state index in [1.807, 2.05) is 36.6 Å². The number of thiazole rings is 1. The van der Waals surface area contributed by atoms with Gasteiger partial charge in [-0.2, -0.15) is 0 Å². The summed E-state index contributed by atoms with van der Waals surface area (Å²) in [5.41, 5.74) is 2.42. The zero-order valence-electron chi connectivity index (χ0n) is 10.8. The van der Waals surface area contributed by atoms with Crippen molar-refractivity contribution < 1.29 is 0 Å². The molecule has 0 amide bonds. The first-order chi connectivity index (χ1) is 10.0. The molecule has 2 heterocycles. The number of aromatic nitrogens is 3. The minimum absolute atomic E-state index is 0.320. The Kier molecular flexibility index (Phi) is 4.26. The van der Waals surface area contributed by atoms with Gasteiger partial charge >= 0.3 is 0 Å². The van der Waals surface area contributed by atoms with E-state index in [0.717, 1.165) is 15.7 Å². The van der Waals surface area contributed by atoms with Crippen molar-refractivity contribution in [1.29, 1.82) is 0 Å². The van der Waals surface area contributed by atoms with Crippen LogP contribution in [-0.2, 0) is 0 Å². The van der Waals surface area contributed by atoms with Gasteiger partial charge in [0, 0.05) is 15.5 Å². The maximum absolute atomic E-state index is 6.30. The van der Waals surface area contributed by atoms with Crippen LogP contribution in [0, 0.1) is 6.92 Å². The van der Waals surface area contributed by atoms with E-state index in [2.05, 4.69) is 30.9 Å². The third-order valence-corrected chi connectivity index (χ3v) is 4.80. The number of nitrogens with zero attached hydrogens (tertiary/aromatic N) is 3. The zero-order valence-corrected chi connectivity index (χ0v) is 14.7. The van der Waals surface area contributed by atoms with Crippen LogP contribution in [0.15, 0.2) is 34.1 Å². The summed E-state index contributed by atoms with van der Waals surface area (Å²) < 4.78 is 0.981. The molecule has 1 aromatic carbocycles. The fourth-order valence-electron chi connectivity index (χ4n) is 1.81. The normalized spacial score (nSPS) is 10.9. The third-order valence-electron chi connectivity index (χ3n) is 2.76. The lowest BCUT2D eigenvalue weighted by atomic mass is 10.1. The van der Waals surface area contributed by atoms with Gasteiger partial charge in [-0.3, -0.25) is 0 Å². The summed E-state index contributed by atoms with van der Waals surface area (Å²) in [6, 6.07) is 7.65. The standard InChI is InChI=1S/C14H8BrCl2N3S/c1-7-6-21-14(18-7)13-19-11(16)10(12(17)20-13)8-2-4-9(15)5-3-8/h2-6H,1H3. The Morgan fingerprint density at radius 2 is 1.62 bits per heavy atom. The monoisotopic (exact) mass is 399 g/mol. The number of aryl methyl sites for hydroxylation is 1. The first-order valence-electron chi connectivity index (χ1n) is 5.96. The van der Waals surface area contributed by atoms with E-state index in [4.69, 9.17) is 23.2 Å². The lowest BCUT2D eigenvalue weighted by Crippen LogP contribution is -1.94. The van der Waals surface area contributed by atoms with Gasteiger partial charge in [-0.1, -0.05) is 51.3 Å². The van der Waals surface area contributed by atoms with Crippen LogP contribution in [0.5, 0.6) is 0 Å². The Morgan fingerprint density at radius 3 is 2.14 bits per heavy atom. The molecule has 0 unspecified atom stereocenters. The molecule has 0 aliphatic carbocycles. The summed E-state index contributed by atoms with van der Waals surface area (Å²) in [4.78, 5) is 13.0. The van der Waals surface area contributed by atoms with E-state index in [1.54, 1.807) is 0 Å². The van der Waals surface area contributed by atoms with E-state index < -0.39 is 0 Å². The van der Waals surface area contributed by atoms with Crippen molar-refractivity contribution in [3.05, 3.63) is 50.1 Å². The smallest absolute Gasteiger partial charge is 0.191 e. The van der Waals surface area contributed by atoms with Crippen LogP contribution in [0.3, 0.4) is 0 Å². The van der Waals surface area contributed by atoms with E-state index in [0.29, 0.717) is 26.7 Å². The van der Waals surface area contributed by atoms with Crippen LogP contribution in [0.25, 0.3) is 22.0 Å². The molecule has 0 N–H and O–H groups in total. The van der Waals surface area contributed by atoms with E-state index in [1.165, 1.54) is 11.3 Å². The van der Waals surface area contributed by atoms with Crippen LogP contribution in [0.1, 0.15) is 5.69 Å². The minimum Gasteiger partial charge on any atom is -0.238 e. The van der Waals surface area contributed by atoms with Crippen molar-refractivity contribution in [2.45, 2.75) is 6.92 Å². The van der Waals surface area contributed by atoms with E-state index >= 15 is 0 Å². The summed E-state index contributed by atoms with van der Waals surface area (Å²) in [6.45, 7) is 1.92. The molecular formula is C14H8BrCl2N3S. The molecule has 0 saturated carbocycles. The average molecular weight is 401 g/mol. The number of halogens is 3. The van der Waals surface area contributed by atoms with Crippen LogP contribution in [-0.4, -0.2) is 15.0 Å². The summed E-state index contributed by atoms with van der Waals surface area (Å²) in [6.07, 6.45) is 0. The topological polar surface area (TPSA) is 38.7 Å². The molecule has 0 bridgehead atoms. The molecule has 0 spiro atoms. The van der Waals surface area contributed by atoms with Gasteiger partial charge in [0.25, 0.3) is 0 Å². The Hall–Kier alpha value is -1.01. The lowest BCUT2D eigenvalue weighted by Gasteiger charge is -2.07. The summed E-state index contributed by atoms with van der Waals surface area (Å²) in [7, 11) is 0. The third kappa shape index (κ3) is 3.11. The van der Waals surface area contributed by atoms with Crippen LogP contribution >= 0.6 is 50.5 Å². The first-order valence-corrected chi connectivity index (χ1v) is 8.39. The van der Waals surface area contributed by atoms with Gasteiger partial charge in [-0.05, 0) is 24.6 Å². The highest BCUT2D eigenvalue weighted by molar-refractivity contribution is 9.10. The van der Waals surface area contributed by atoms with Crippen molar-refractivity contribution in [3.8, 4) is 22.0 Å². The maximum Gasteiger partial charge on any atom is 0.191 e. The lowest BCUT2D eigenvalue weighted by molar-refractivity contribution is 1.15. The van der Waals surface area contributed by atoms with Crippen molar-refractivity contribution in [3.63, 3.8) is 0 Å². The average Bonchev–Trinajstić information content (AvgIpc) is 2.87. The summed E-state index contributed by atoms with van der Waals surface area (Å²) in [5, 5.41) is 3.28. The molecular weight excluding hydrogens is 393 g/mol. The van der Waals surface area contributed by atoms with Crippen molar-refractivity contribution in [1.82, 2.24) is 15.0 Å². The summed E-state index contributed by atoms with van der Waals surface area (Å²) in [5.74, 6) is 0.448. The van der Waals surface area contributed by atoms with Crippen LogP contribution in [0.2, 0.25) is 10.3 Å². The molecule has 2 aromatic heterocycles. The molecule has 7 heteroatoms. The number of rotatable bonds is 2. The molecule has 0 atom stereocenters. The number of hydrogen-bond acceptors (Lipinski definition) is 4. The SMILES string of the molecule is Cc1csc(-c2nc(Cl)c(-c3ccc(Br)cc3)c(Cl)n2)n1. The predicted molar refractivity (Wildman–Crippen MR) is 91.0 cm³/mol. The Labute approximate surface area is 144 Å². The molecule has 0 aliphatic heterocycles. The van der Waals surface area contributed by atoms with Gasteiger partial charge in [0.15, 0.2) is 10.8 Å². The maximum atomic E-state index is 6.30. The highest BCUT2D eigenvalue weighted by Crippen LogP contribution is 2.35. The highest BCUT2D eigenvalue weighted by atomic mass is 79.9. The quantitative estimate of drug-likeness (QED) is 0.522. The van der Waals surface area contributed by atoms with Crippen molar-refractivity contribution in [2.24, 2.45) is 0 Å². The second-order valence-corrected chi connectivity index (χ2v) is 6.79. The molecule has 0 saturated heterocycles. The Balaban J connectivity index is 2.10. The highest BCUT2D eigenvalue weighted by Gasteiger charge is 2.16. The molecule has 106 valence electrons. The Bertz CT molecular complexity index is 779. The minimum atomic E-state index is 0.320. The van der Waals surface area contributed by atoms with Gasteiger partial charge in [0.1, 0.15) is 10.3 Å². The summed E-state index contributed by atoms with van der Waals surface area (Å²) >= 11 is 17.5. The van der Waals surface area contributed by atoms with Crippen LogP contribution in [0.4, 0.5) is 0 Å². The molecule has 21 heavy (non-hydrogen) atoms. The molecule has 3 aromatic rings. The second-order valence-electron chi connectivity index (χ2n) is 4.30. The number of hydrogen-bond donors (Lipinski definition) is 0. The molecule has 0 aliphatic rings. The van der Waals surface area contributed by atoms with Crippen molar-refractivity contribution in [2.75, 3.05) is 0 Å². The second kappa shape index (κ2) is 6.01. The van der Waals surface area contributed by atoms with E-state index in [-0.39, 0.29) is 0 Å². The van der Waals surface area contributed by atoms with Gasteiger partial charge < -0.3 is 0 Å². The fraction of sp³-hybridized carbons (Fsp3) is 0.0714. The van der Waals surface area contributed by atoms with Gasteiger partial charge in [-0.25, -0.2) is 15.0 Å². The molecule has 3 rings (SSSR count). The zero-order chi connectivity index (χ0) is 15.0. The van der Waals surface area contributed by atoms with Gasteiger partial charge in [0.05, 0.1) is 5.56 Å². The predicted octanol–water partition coefficient (Wildman–Crippen LogP) is 5.64. The van der Waals surface area contributed by atoms with Crippen molar-refractivity contribution >= 4 is 50.5 Å². The largest absolute Gasteiger partial charge is 0.238 e. The molecule has 0 fully saturated rings. The van der Waals surface area contributed by atoms with Gasteiger partial charge in [0.2, 0.25) is 0 Å².